The van der Waals surface area contributed by atoms with Gasteiger partial charge >= 0.3 is 6.18 Å². The van der Waals surface area contributed by atoms with Crippen LogP contribution in [0.25, 0.3) is 11.1 Å². The van der Waals surface area contributed by atoms with E-state index in [4.69, 9.17) is 4.74 Å². The van der Waals surface area contributed by atoms with Crippen molar-refractivity contribution in [2.45, 2.75) is 89.0 Å². The number of aliphatic hydroxyl groups is 1. The molecule has 5 N–H and O–H groups in total. The van der Waals surface area contributed by atoms with Gasteiger partial charge in [0.2, 0.25) is 0 Å². The van der Waals surface area contributed by atoms with Crippen LogP contribution >= 0.6 is 0 Å². The number of carbonyl (C=O) groups excluding carboxylic acids is 2. The number of aromatic nitrogens is 2. The van der Waals surface area contributed by atoms with Crippen LogP contribution in [0, 0.1) is 23.2 Å². The molecule has 7 atom stereocenters. The summed E-state index contributed by atoms with van der Waals surface area (Å²) in [6.45, 7) is 4.11. The maximum atomic E-state index is 12.9. The van der Waals surface area contributed by atoms with Crippen molar-refractivity contribution in [1.29, 1.82) is 0 Å². The monoisotopic (exact) mass is 813 g/mol. The van der Waals surface area contributed by atoms with Crippen molar-refractivity contribution in [2.24, 2.45) is 23.2 Å². The van der Waals surface area contributed by atoms with E-state index in [0.717, 1.165) is 68.9 Å². The van der Waals surface area contributed by atoms with E-state index >= 15 is 0 Å². The molecule has 1 aliphatic heterocycles. The van der Waals surface area contributed by atoms with Crippen LogP contribution in [0.4, 0.5) is 19.0 Å². The number of fused-ring (bicyclic) bond motifs is 5. The van der Waals surface area contributed by atoms with E-state index in [2.05, 4.69) is 38.9 Å². The maximum Gasteiger partial charge on any atom is 0.434 e. The molecule has 13 heteroatoms. The zero-order chi connectivity index (χ0) is 41.7. The minimum atomic E-state index is -4.46. The Morgan fingerprint density at radius 1 is 0.932 bits per heavy atom. The van der Waals surface area contributed by atoms with Crippen LogP contribution in [0.2, 0.25) is 0 Å². The van der Waals surface area contributed by atoms with E-state index in [1.807, 2.05) is 48.5 Å². The highest BCUT2D eigenvalue weighted by Crippen LogP contribution is 2.62. The SMILES string of the molecule is CNC(=O)c1ccc(-c2ccc(C(=O)NCCCC3Cc4cc(O)ccc4C4CCC5(C)C(O)CCC5C34)cc2)cc1.FC(F)(F)c1cncc(NC2CCCOC2)n1. The van der Waals surface area contributed by atoms with Gasteiger partial charge in [0, 0.05) is 31.3 Å². The van der Waals surface area contributed by atoms with Crippen molar-refractivity contribution >= 4 is 17.6 Å². The predicted molar refractivity (Wildman–Crippen MR) is 219 cm³/mol. The number of halogens is 3. The number of hydrogen-bond donors (Lipinski definition) is 5. The third-order valence-corrected chi connectivity index (χ3v) is 13.2. The molecule has 314 valence electrons. The average Bonchev–Trinajstić information content (AvgIpc) is 3.55. The maximum absolute atomic E-state index is 12.9. The van der Waals surface area contributed by atoms with Crippen LogP contribution in [-0.2, 0) is 17.3 Å². The number of phenolic OH excluding ortho intramolecular Hbond substituents is 1. The Balaban J connectivity index is 0.000000259. The van der Waals surface area contributed by atoms with Gasteiger partial charge in [-0.15, -0.1) is 0 Å². The van der Waals surface area contributed by atoms with Crippen LogP contribution in [0.15, 0.2) is 79.1 Å². The highest BCUT2D eigenvalue weighted by Gasteiger charge is 2.56. The summed E-state index contributed by atoms with van der Waals surface area (Å²) >= 11 is 0. The molecule has 2 heterocycles. The number of ether oxygens (including phenoxy) is 1. The van der Waals surface area contributed by atoms with E-state index in [0.29, 0.717) is 66.5 Å². The number of carbonyl (C=O) groups is 2. The fourth-order valence-corrected chi connectivity index (χ4v) is 10.1. The molecule has 3 aliphatic carbocycles. The minimum absolute atomic E-state index is 0.000395. The quantitative estimate of drug-likeness (QED) is 0.107. The summed E-state index contributed by atoms with van der Waals surface area (Å²) in [6.07, 6.45) is 6.08. The molecular formula is C46H54F3N5O5. The first-order chi connectivity index (χ1) is 28.3. The van der Waals surface area contributed by atoms with E-state index in [1.165, 1.54) is 17.3 Å². The normalized spacial score (nSPS) is 25.9. The van der Waals surface area contributed by atoms with Crippen LogP contribution in [0.1, 0.15) is 102 Å². The number of aromatic hydroxyl groups is 1. The van der Waals surface area contributed by atoms with Crippen molar-refractivity contribution in [3.63, 3.8) is 0 Å². The summed E-state index contributed by atoms with van der Waals surface area (Å²) in [5.74, 6) is 2.30. The van der Waals surface area contributed by atoms with Crippen LogP contribution in [-0.4, -0.2) is 70.9 Å². The van der Waals surface area contributed by atoms with Gasteiger partial charge in [0.1, 0.15) is 11.6 Å². The van der Waals surface area contributed by atoms with Gasteiger partial charge in [-0.05, 0) is 146 Å². The Labute approximate surface area is 343 Å². The summed E-state index contributed by atoms with van der Waals surface area (Å²) in [4.78, 5) is 31.8. The largest absolute Gasteiger partial charge is 0.508 e. The first kappa shape index (κ1) is 42.1. The van der Waals surface area contributed by atoms with Gasteiger partial charge in [-0.3, -0.25) is 14.6 Å². The number of amides is 2. The second kappa shape index (κ2) is 18.1. The summed E-state index contributed by atoms with van der Waals surface area (Å²) in [5.41, 5.74) is 4.91. The number of anilines is 1. The van der Waals surface area contributed by atoms with Gasteiger partial charge < -0.3 is 30.9 Å². The van der Waals surface area contributed by atoms with E-state index in [-0.39, 0.29) is 35.2 Å². The lowest BCUT2D eigenvalue weighted by Crippen LogP contribution is -2.47. The molecule has 7 unspecified atom stereocenters. The van der Waals surface area contributed by atoms with E-state index in [9.17, 15) is 33.0 Å². The van der Waals surface area contributed by atoms with Gasteiger partial charge in [0.25, 0.3) is 11.8 Å². The number of alkyl halides is 3. The Morgan fingerprint density at radius 2 is 1.64 bits per heavy atom. The van der Waals surface area contributed by atoms with Crippen LogP contribution < -0.4 is 16.0 Å². The first-order valence-electron chi connectivity index (χ1n) is 20.8. The fraction of sp³-hybridized carbons (Fsp3) is 0.478. The second-order valence-electron chi connectivity index (χ2n) is 16.8. The minimum Gasteiger partial charge on any atom is -0.508 e. The van der Waals surface area contributed by atoms with Gasteiger partial charge in [-0.1, -0.05) is 37.3 Å². The molecule has 4 aromatic rings. The summed E-state index contributed by atoms with van der Waals surface area (Å²) in [6, 6.07) is 20.9. The number of rotatable bonds is 9. The lowest BCUT2D eigenvalue weighted by Gasteiger charge is -2.53. The molecule has 3 fully saturated rings. The molecule has 8 rings (SSSR count). The molecule has 2 saturated carbocycles. The molecule has 2 amide bonds. The predicted octanol–water partition coefficient (Wildman–Crippen LogP) is 8.16. The number of benzene rings is 3. The molecule has 0 bridgehead atoms. The molecule has 1 aromatic heterocycles. The number of phenols is 1. The van der Waals surface area contributed by atoms with Crippen molar-refractivity contribution in [3.05, 3.63) is 107 Å². The standard InChI is InChI=1S/C36H42N2O4.C10H12F3N3O/c1-36-18-17-30-29-14-13-28(39)21-27(29)20-26(33(30)31(36)15-16-32(36)40)4-3-19-38-35(42)25-11-7-23(8-12-25)22-5-9-24(10-6-22)34(41)37-2;11-10(12,13)8-4-14-5-9(16-8)15-7-2-1-3-17-6-7/h5-14,21,26,30-33,39-40H,3-4,15-20H2,1-2H3,(H,37,41)(H,38,42);4-5,7H,1-3,6H2,(H,15,16). The highest BCUT2D eigenvalue weighted by atomic mass is 19.4. The third-order valence-electron chi connectivity index (χ3n) is 13.2. The third kappa shape index (κ3) is 9.57. The van der Waals surface area contributed by atoms with E-state index < -0.39 is 11.9 Å². The number of hydrogen-bond acceptors (Lipinski definition) is 8. The molecule has 1 saturated heterocycles. The lowest BCUT2D eigenvalue weighted by atomic mass is 9.52. The van der Waals surface area contributed by atoms with Gasteiger partial charge in [0.05, 0.1) is 31.1 Å². The Kier molecular flexibility index (Phi) is 12.9. The smallest absolute Gasteiger partial charge is 0.434 e. The molecule has 3 aromatic carbocycles. The van der Waals surface area contributed by atoms with Crippen molar-refractivity contribution in [1.82, 2.24) is 20.6 Å². The van der Waals surface area contributed by atoms with Gasteiger partial charge in [-0.25, -0.2) is 4.98 Å². The molecule has 0 spiro atoms. The summed E-state index contributed by atoms with van der Waals surface area (Å²) in [7, 11) is 1.62. The molecule has 4 aliphatic rings. The second-order valence-corrected chi connectivity index (χ2v) is 16.8. The Hall–Kier alpha value is -5.01. The number of nitrogens with zero attached hydrogens (tertiary/aromatic N) is 2. The van der Waals surface area contributed by atoms with E-state index in [1.54, 1.807) is 19.2 Å². The van der Waals surface area contributed by atoms with Crippen LogP contribution in [0.5, 0.6) is 5.75 Å². The topological polar surface area (TPSA) is 146 Å². The Morgan fingerprint density at radius 3 is 2.31 bits per heavy atom. The zero-order valence-electron chi connectivity index (χ0n) is 33.6. The molecule has 59 heavy (non-hydrogen) atoms. The molecular weight excluding hydrogens is 760 g/mol. The van der Waals surface area contributed by atoms with Crippen molar-refractivity contribution < 1.29 is 37.7 Å². The number of aliphatic hydroxyl groups excluding tert-OH is 1. The molecule has 10 nitrogen and oxygen atoms in total. The van der Waals surface area contributed by atoms with Gasteiger partial charge in [0.15, 0.2) is 5.69 Å². The summed E-state index contributed by atoms with van der Waals surface area (Å²) < 4.78 is 42.4. The fourth-order valence-electron chi connectivity index (χ4n) is 10.1. The average molecular weight is 814 g/mol. The van der Waals surface area contributed by atoms with Crippen molar-refractivity contribution in [3.8, 4) is 16.9 Å². The zero-order valence-corrected chi connectivity index (χ0v) is 33.6. The molecule has 0 radical (unpaired) electrons. The van der Waals surface area contributed by atoms with Crippen molar-refractivity contribution in [2.75, 3.05) is 32.1 Å². The lowest BCUT2D eigenvalue weighted by molar-refractivity contribution is -0.141. The van der Waals surface area contributed by atoms with Crippen LogP contribution in [0.3, 0.4) is 0 Å². The first-order valence-corrected chi connectivity index (χ1v) is 20.8. The summed E-state index contributed by atoms with van der Waals surface area (Å²) in [5, 5.41) is 29.8. The Bertz CT molecular complexity index is 2070. The highest BCUT2D eigenvalue weighted by molar-refractivity contribution is 5.95. The van der Waals surface area contributed by atoms with Gasteiger partial charge in [-0.2, -0.15) is 13.2 Å². The number of nitrogens with one attached hydrogen (secondary N) is 3.